The van der Waals surface area contributed by atoms with E-state index in [1.165, 1.54) is 0 Å². The van der Waals surface area contributed by atoms with Gasteiger partial charge in [0.25, 0.3) is 0 Å². The fraction of sp³-hybridized carbons (Fsp3) is 0.235. The smallest absolute Gasteiger partial charge is 0.335 e. The number of phenolic OH excluding ortho intramolecular Hbond substituents is 1. The molecule has 0 amide bonds. The summed E-state index contributed by atoms with van der Waals surface area (Å²) in [5, 5.41) is 17.6. The van der Waals surface area contributed by atoms with E-state index >= 15 is 0 Å². The zero-order chi connectivity index (χ0) is 17.9. The molecule has 0 spiro atoms. The number of carboxylic acid groups (broad SMARTS) is 1. The highest BCUT2D eigenvalue weighted by Crippen LogP contribution is 2.18. The van der Waals surface area contributed by atoms with Gasteiger partial charge in [-0.1, -0.05) is 15.9 Å². The summed E-state index contributed by atoms with van der Waals surface area (Å²) < 4.78 is 0.887. The molecular weight excluding hydrogens is 417 g/mol. The van der Waals surface area contributed by atoms with Crippen molar-refractivity contribution in [2.24, 2.45) is 0 Å². The van der Waals surface area contributed by atoms with Crippen LogP contribution in [0.15, 0.2) is 53.0 Å². The molecule has 2 aromatic rings. The number of rotatable bonds is 6. The highest BCUT2D eigenvalue weighted by Gasteiger charge is 2.04. The average Bonchev–Trinajstić information content (AvgIpc) is 2.56. The van der Waals surface area contributed by atoms with Gasteiger partial charge in [0, 0.05) is 35.0 Å². The molecule has 130 valence electrons. The number of alkyl halides is 2. The van der Waals surface area contributed by atoms with Gasteiger partial charge in [-0.2, -0.15) is 0 Å². The predicted molar refractivity (Wildman–Crippen MR) is 103 cm³/mol. The van der Waals surface area contributed by atoms with E-state index in [0.29, 0.717) is 17.3 Å². The number of hydrogen-bond donors (Lipinski definition) is 2. The summed E-state index contributed by atoms with van der Waals surface area (Å²) in [6, 6.07) is 13.5. The molecule has 0 aliphatic carbocycles. The van der Waals surface area contributed by atoms with Crippen LogP contribution in [-0.2, 0) is 0 Å². The fourth-order valence-electron chi connectivity index (χ4n) is 1.83. The lowest BCUT2D eigenvalue weighted by atomic mass is 10.2. The average molecular weight is 435 g/mol. The molecule has 0 bridgehead atoms. The molecule has 24 heavy (non-hydrogen) atoms. The van der Waals surface area contributed by atoms with Crippen molar-refractivity contribution >= 4 is 50.8 Å². The van der Waals surface area contributed by atoms with Crippen molar-refractivity contribution in [1.82, 2.24) is 0 Å². The SMILES string of the molecule is O=C(O)c1ccc(Br)cc1.Oc1ccc(N(CCCl)CCCl)cc1. The third-order valence-corrected chi connectivity index (χ3v) is 3.88. The summed E-state index contributed by atoms with van der Waals surface area (Å²) >= 11 is 14.6. The lowest BCUT2D eigenvalue weighted by Gasteiger charge is -2.22. The molecule has 0 aliphatic rings. The normalized spacial score (nSPS) is 9.79. The van der Waals surface area contributed by atoms with Gasteiger partial charge in [-0.05, 0) is 48.5 Å². The molecule has 0 fully saturated rings. The van der Waals surface area contributed by atoms with E-state index in [2.05, 4.69) is 20.8 Å². The molecule has 0 aromatic heterocycles. The van der Waals surface area contributed by atoms with Crippen LogP contribution in [0.2, 0.25) is 0 Å². The summed E-state index contributed by atoms with van der Waals surface area (Å²) in [5.41, 5.74) is 1.34. The van der Waals surface area contributed by atoms with Crippen molar-refractivity contribution in [3.8, 4) is 5.75 Å². The number of anilines is 1. The van der Waals surface area contributed by atoms with E-state index in [1.807, 2.05) is 12.1 Å². The molecule has 7 heteroatoms. The second-order valence-corrected chi connectivity index (χ2v) is 6.37. The first-order valence-corrected chi connectivity index (χ1v) is 8.99. The standard InChI is InChI=1S/C10H13Cl2NO.C7H5BrO2/c11-5-7-13(8-6-12)9-1-3-10(14)4-2-9;8-6-3-1-5(2-4-6)7(9)10/h1-4,14H,5-8H2;1-4H,(H,9,10). The van der Waals surface area contributed by atoms with Crippen LogP contribution in [0.4, 0.5) is 5.69 Å². The molecule has 0 aliphatic heterocycles. The van der Waals surface area contributed by atoms with Gasteiger partial charge in [-0.25, -0.2) is 4.79 Å². The minimum absolute atomic E-state index is 0.269. The molecule has 0 atom stereocenters. The Balaban J connectivity index is 0.000000254. The maximum atomic E-state index is 10.3. The summed E-state index contributed by atoms with van der Waals surface area (Å²) in [4.78, 5) is 12.4. The third-order valence-electron chi connectivity index (χ3n) is 3.01. The van der Waals surface area contributed by atoms with E-state index in [9.17, 15) is 4.79 Å². The van der Waals surface area contributed by atoms with Gasteiger partial charge in [0.1, 0.15) is 5.75 Å². The summed E-state index contributed by atoms with van der Waals surface area (Å²) in [7, 11) is 0. The van der Waals surface area contributed by atoms with Gasteiger partial charge in [-0.3, -0.25) is 0 Å². The Labute approximate surface area is 159 Å². The molecule has 0 saturated carbocycles. The van der Waals surface area contributed by atoms with Crippen LogP contribution in [0.5, 0.6) is 5.75 Å². The van der Waals surface area contributed by atoms with Gasteiger partial charge in [0.2, 0.25) is 0 Å². The number of carboxylic acids is 1. The maximum absolute atomic E-state index is 10.3. The number of phenols is 1. The predicted octanol–water partition coefficient (Wildman–Crippen LogP) is 4.82. The van der Waals surface area contributed by atoms with Crippen LogP contribution < -0.4 is 4.90 Å². The second kappa shape index (κ2) is 11.2. The Morgan fingerprint density at radius 3 is 1.88 bits per heavy atom. The van der Waals surface area contributed by atoms with Crippen LogP contribution in [0.25, 0.3) is 0 Å². The van der Waals surface area contributed by atoms with Crippen molar-refractivity contribution < 1.29 is 15.0 Å². The maximum Gasteiger partial charge on any atom is 0.335 e. The van der Waals surface area contributed by atoms with Gasteiger partial charge in [0.15, 0.2) is 0 Å². The monoisotopic (exact) mass is 433 g/mol. The number of aromatic hydroxyl groups is 1. The quantitative estimate of drug-likeness (QED) is 0.639. The van der Waals surface area contributed by atoms with Crippen molar-refractivity contribution in [3.63, 3.8) is 0 Å². The third kappa shape index (κ3) is 7.43. The molecule has 4 nitrogen and oxygen atoms in total. The molecule has 2 aromatic carbocycles. The molecule has 0 unspecified atom stereocenters. The molecule has 0 saturated heterocycles. The minimum Gasteiger partial charge on any atom is -0.508 e. The summed E-state index contributed by atoms with van der Waals surface area (Å²) in [6.45, 7) is 1.53. The number of benzene rings is 2. The zero-order valence-electron chi connectivity index (χ0n) is 12.8. The Kier molecular flexibility index (Phi) is 9.60. The van der Waals surface area contributed by atoms with E-state index in [0.717, 1.165) is 23.2 Å². The Morgan fingerprint density at radius 1 is 0.958 bits per heavy atom. The Bertz CT molecular complexity index is 615. The van der Waals surface area contributed by atoms with Crippen LogP contribution in [0.3, 0.4) is 0 Å². The first kappa shape index (κ1) is 20.6. The number of nitrogens with zero attached hydrogens (tertiary/aromatic N) is 1. The molecule has 0 heterocycles. The van der Waals surface area contributed by atoms with E-state index in [1.54, 1.807) is 36.4 Å². The summed E-state index contributed by atoms with van der Waals surface area (Å²) in [5.74, 6) is 0.508. The number of aromatic carboxylic acids is 1. The zero-order valence-corrected chi connectivity index (χ0v) is 15.9. The Morgan fingerprint density at radius 2 is 1.46 bits per heavy atom. The van der Waals surface area contributed by atoms with Crippen molar-refractivity contribution in [1.29, 1.82) is 0 Å². The van der Waals surface area contributed by atoms with Gasteiger partial charge >= 0.3 is 5.97 Å². The fourth-order valence-corrected chi connectivity index (χ4v) is 2.50. The molecule has 2 rings (SSSR count). The van der Waals surface area contributed by atoms with Crippen LogP contribution in [0.1, 0.15) is 10.4 Å². The van der Waals surface area contributed by atoms with Crippen molar-refractivity contribution in [3.05, 3.63) is 58.6 Å². The van der Waals surface area contributed by atoms with E-state index in [-0.39, 0.29) is 5.75 Å². The largest absolute Gasteiger partial charge is 0.508 e. The number of hydrogen-bond acceptors (Lipinski definition) is 3. The topological polar surface area (TPSA) is 60.8 Å². The first-order valence-electron chi connectivity index (χ1n) is 7.12. The minimum atomic E-state index is -0.896. The van der Waals surface area contributed by atoms with Gasteiger partial charge in [-0.15, -0.1) is 23.2 Å². The van der Waals surface area contributed by atoms with Crippen LogP contribution in [0, 0.1) is 0 Å². The molecule has 2 N–H and O–H groups in total. The highest BCUT2D eigenvalue weighted by molar-refractivity contribution is 9.10. The van der Waals surface area contributed by atoms with Gasteiger partial charge in [0.05, 0.1) is 5.56 Å². The van der Waals surface area contributed by atoms with Crippen LogP contribution >= 0.6 is 39.1 Å². The number of halogens is 3. The van der Waals surface area contributed by atoms with E-state index < -0.39 is 5.97 Å². The van der Waals surface area contributed by atoms with Crippen molar-refractivity contribution in [2.45, 2.75) is 0 Å². The Hall–Kier alpha value is -1.43. The first-order chi connectivity index (χ1) is 11.5. The van der Waals surface area contributed by atoms with Crippen LogP contribution in [-0.4, -0.2) is 41.0 Å². The van der Waals surface area contributed by atoms with Gasteiger partial charge < -0.3 is 15.1 Å². The lowest BCUT2D eigenvalue weighted by Crippen LogP contribution is -2.27. The van der Waals surface area contributed by atoms with E-state index in [4.69, 9.17) is 33.4 Å². The molecule has 0 radical (unpaired) electrons. The molecular formula is C17H18BrCl2NO3. The number of carbonyl (C=O) groups is 1. The van der Waals surface area contributed by atoms with Crippen molar-refractivity contribution in [2.75, 3.05) is 29.7 Å². The second-order valence-electron chi connectivity index (χ2n) is 4.69. The summed E-state index contributed by atoms with van der Waals surface area (Å²) in [6.07, 6.45) is 0. The highest BCUT2D eigenvalue weighted by atomic mass is 79.9. The lowest BCUT2D eigenvalue weighted by molar-refractivity contribution is 0.0697.